The molecule has 0 unspecified atom stereocenters. The molecule has 6 nitrogen and oxygen atoms in total. The second kappa shape index (κ2) is 8.86. The van der Waals surface area contributed by atoms with Gasteiger partial charge in [-0.3, -0.25) is 9.69 Å². The molecular weight excluding hydrogens is 386 g/mol. The third-order valence-electron chi connectivity index (χ3n) is 6.01. The lowest BCUT2D eigenvalue weighted by molar-refractivity contribution is 0.0972. The van der Waals surface area contributed by atoms with Crippen LogP contribution in [0.1, 0.15) is 34.5 Å². The fourth-order valence-corrected chi connectivity index (χ4v) is 4.35. The lowest BCUT2D eigenvalue weighted by atomic mass is 9.95. The maximum atomic E-state index is 12.7. The number of nitrogens with zero attached hydrogens (tertiary/aromatic N) is 4. The van der Waals surface area contributed by atoms with Crippen molar-refractivity contribution in [3.63, 3.8) is 0 Å². The molecule has 1 saturated heterocycles. The summed E-state index contributed by atoms with van der Waals surface area (Å²) < 4.78 is 0. The number of nitrogens with one attached hydrogen (secondary N) is 1. The van der Waals surface area contributed by atoms with E-state index in [0.717, 1.165) is 62.9 Å². The number of carbonyl (C=O) groups is 1. The first-order chi connectivity index (χ1) is 15.3. The predicted molar refractivity (Wildman–Crippen MR) is 123 cm³/mol. The summed E-state index contributed by atoms with van der Waals surface area (Å²) in [6, 6.07) is 20.5. The summed E-state index contributed by atoms with van der Waals surface area (Å²) in [6.07, 6.45) is 2.25. The molecule has 1 aliphatic carbocycles. The summed E-state index contributed by atoms with van der Waals surface area (Å²) in [5, 5.41) is 3.37. The number of anilines is 3. The molecular formula is C25H27N5O. The van der Waals surface area contributed by atoms with Gasteiger partial charge in [-0.2, -0.15) is 4.98 Å². The number of para-hydroxylation sites is 1. The smallest absolute Gasteiger partial charge is 0.227 e. The number of hydrogen-bond acceptors (Lipinski definition) is 6. The lowest BCUT2D eigenvalue weighted by Crippen LogP contribution is -2.46. The molecule has 2 aromatic carbocycles. The van der Waals surface area contributed by atoms with Crippen LogP contribution in [0.15, 0.2) is 60.7 Å². The fraction of sp³-hybridized carbons (Fsp3) is 0.320. The average molecular weight is 414 g/mol. The van der Waals surface area contributed by atoms with Crippen LogP contribution in [0, 0.1) is 0 Å². The van der Waals surface area contributed by atoms with Crippen LogP contribution < -0.4 is 10.2 Å². The minimum absolute atomic E-state index is 0.138. The van der Waals surface area contributed by atoms with Crippen molar-refractivity contribution in [3.8, 4) is 0 Å². The molecule has 0 atom stereocenters. The molecule has 1 aromatic heterocycles. The van der Waals surface area contributed by atoms with E-state index in [9.17, 15) is 4.79 Å². The van der Waals surface area contributed by atoms with E-state index in [4.69, 9.17) is 9.97 Å². The lowest BCUT2D eigenvalue weighted by Gasteiger charge is -2.35. The molecule has 3 aromatic rings. The Morgan fingerprint density at radius 1 is 0.839 bits per heavy atom. The molecule has 2 heterocycles. The van der Waals surface area contributed by atoms with Crippen molar-refractivity contribution in [3.05, 3.63) is 77.5 Å². The molecule has 1 N–H and O–H groups in total. The van der Waals surface area contributed by atoms with E-state index in [2.05, 4.69) is 45.4 Å². The van der Waals surface area contributed by atoms with Crippen LogP contribution in [0.25, 0.3) is 0 Å². The van der Waals surface area contributed by atoms with Crippen LogP contribution in [0.3, 0.4) is 0 Å². The Kier molecular flexibility index (Phi) is 5.63. The zero-order chi connectivity index (χ0) is 21.0. The summed E-state index contributed by atoms with van der Waals surface area (Å²) in [6.45, 7) is 4.66. The molecule has 0 radical (unpaired) electrons. The summed E-state index contributed by atoms with van der Waals surface area (Å²) in [5.74, 6) is 1.51. The van der Waals surface area contributed by atoms with Gasteiger partial charge in [0.25, 0.3) is 0 Å². The molecule has 158 valence electrons. The maximum absolute atomic E-state index is 12.7. The zero-order valence-electron chi connectivity index (χ0n) is 17.6. The fourth-order valence-electron chi connectivity index (χ4n) is 4.35. The number of rotatable bonds is 5. The van der Waals surface area contributed by atoms with E-state index >= 15 is 0 Å². The van der Waals surface area contributed by atoms with Crippen molar-refractivity contribution in [1.29, 1.82) is 0 Å². The Morgan fingerprint density at radius 3 is 2.29 bits per heavy atom. The molecule has 0 spiro atoms. The Hall–Kier alpha value is -3.25. The summed E-state index contributed by atoms with van der Waals surface area (Å²) in [7, 11) is 0. The average Bonchev–Trinajstić information content (AvgIpc) is 2.81. The second-order valence-electron chi connectivity index (χ2n) is 8.21. The number of piperazine rings is 1. The van der Waals surface area contributed by atoms with Gasteiger partial charge in [-0.25, -0.2) is 4.98 Å². The second-order valence-corrected chi connectivity index (χ2v) is 8.21. The van der Waals surface area contributed by atoms with Crippen LogP contribution >= 0.6 is 0 Å². The van der Waals surface area contributed by atoms with Crippen LogP contribution in [0.2, 0.25) is 0 Å². The minimum atomic E-state index is 0.138. The first-order valence-corrected chi connectivity index (χ1v) is 11.0. The van der Waals surface area contributed by atoms with Crippen LogP contribution in [0.4, 0.5) is 17.5 Å². The standard InChI is InChI=1S/C25H27N5O/c31-22-13-7-12-21-23(22)24(26-20-10-5-2-6-11-20)28-25(27-21)30-16-14-29(15-17-30)18-19-8-3-1-4-9-19/h1-6,8-11H,7,12-18H2,(H,26,27,28). The van der Waals surface area contributed by atoms with Gasteiger partial charge in [0.2, 0.25) is 5.95 Å². The number of aromatic nitrogens is 2. The number of fused-ring (bicyclic) bond motifs is 1. The SMILES string of the molecule is O=C1CCCc2nc(N3CCN(Cc4ccccc4)CC3)nc(Nc3ccccc3)c21. The maximum Gasteiger partial charge on any atom is 0.227 e. The Bertz CT molecular complexity index is 1050. The van der Waals surface area contributed by atoms with Gasteiger partial charge in [0.1, 0.15) is 5.82 Å². The molecule has 0 bridgehead atoms. The quantitative estimate of drug-likeness (QED) is 0.681. The number of Topliss-reactive ketones (excluding diaryl/α,β-unsaturated/α-hetero) is 1. The van der Waals surface area contributed by atoms with E-state index < -0.39 is 0 Å². The largest absolute Gasteiger partial charge is 0.339 e. The highest BCUT2D eigenvalue weighted by Gasteiger charge is 2.27. The number of carbonyl (C=O) groups excluding carboxylic acids is 1. The zero-order valence-corrected chi connectivity index (χ0v) is 17.6. The molecule has 0 amide bonds. The van der Waals surface area contributed by atoms with Gasteiger partial charge in [-0.05, 0) is 30.5 Å². The van der Waals surface area contributed by atoms with Crippen molar-refractivity contribution in [2.75, 3.05) is 36.4 Å². The van der Waals surface area contributed by atoms with Crippen molar-refractivity contribution < 1.29 is 4.79 Å². The predicted octanol–water partition coefficient (Wildman–Crippen LogP) is 4.06. The van der Waals surface area contributed by atoms with Gasteiger partial charge < -0.3 is 10.2 Å². The summed E-state index contributed by atoms with van der Waals surface area (Å²) in [4.78, 5) is 27.0. The van der Waals surface area contributed by atoms with Crippen molar-refractivity contribution in [1.82, 2.24) is 14.9 Å². The van der Waals surface area contributed by atoms with Crippen molar-refractivity contribution >= 4 is 23.2 Å². The number of benzene rings is 2. The Balaban J connectivity index is 1.36. The summed E-state index contributed by atoms with van der Waals surface area (Å²) >= 11 is 0. The number of aryl methyl sites for hydroxylation is 1. The highest BCUT2D eigenvalue weighted by Crippen LogP contribution is 2.30. The van der Waals surface area contributed by atoms with E-state index in [-0.39, 0.29) is 5.78 Å². The summed E-state index contributed by atoms with van der Waals surface area (Å²) in [5.41, 5.74) is 3.82. The highest BCUT2D eigenvalue weighted by atomic mass is 16.1. The minimum Gasteiger partial charge on any atom is -0.339 e. The van der Waals surface area contributed by atoms with Crippen molar-refractivity contribution in [2.24, 2.45) is 0 Å². The highest BCUT2D eigenvalue weighted by molar-refractivity contribution is 6.03. The molecule has 1 fully saturated rings. The van der Waals surface area contributed by atoms with Crippen LogP contribution in [-0.4, -0.2) is 46.8 Å². The molecule has 0 saturated carbocycles. The molecule has 6 heteroatoms. The van der Waals surface area contributed by atoms with E-state index in [1.165, 1.54) is 5.56 Å². The van der Waals surface area contributed by atoms with Gasteiger partial charge in [0.05, 0.1) is 11.3 Å². The number of ketones is 1. The van der Waals surface area contributed by atoms with E-state index in [0.29, 0.717) is 17.8 Å². The monoisotopic (exact) mass is 413 g/mol. The first-order valence-electron chi connectivity index (χ1n) is 11.0. The van der Waals surface area contributed by atoms with Gasteiger partial charge in [0.15, 0.2) is 5.78 Å². The topological polar surface area (TPSA) is 61.4 Å². The van der Waals surface area contributed by atoms with Crippen LogP contribution in [0.5, 0.6) is 0 Å². The van der Waals surface area contributed by atoms with Crippen molar-refractivity contribution in [2.45, 2.75) is 25.8 Å². The normalized spacial score (nSPS) is 16.8. The molecule has 31 heavy (non-hydrogen) atoms. The Morgan fingerprint density at radius 2 is 1.55 bits per heavy atom. The molecule has 1 aliphatic heterocycles. The third-order valence-corrected chi connectivity index (χ3v) is 6.01. The Labute approximate surface area is 182 Å². The number of hydrogen-bond donors (Lipinski definition) is 1. The van der Waals surface area contributed by atoms with Gasteiger partial charge in [0, 0.05) is 44.8 Å². The van der Waals surface area contributed by atoms with Gasteiger partial charge in [-0.1, -0.05) is 48.5 Å². The first kappa shape index (κ1) is 19.7. The van der Waals surface area contributed by atoms with Crippen LogP contribution in [-0.2, 0) is 13.0 Å². The molecule has 2 aliphatic rings. The molecule has 5 rings (SSSR count). The van der Waals surface area contributed by atoms with Gasteiger partial charge in [-0.15, -0.1) is 0 Å². The van der Waals surface area contributed by atoms with Gasteiger partial charge >= 0.3 is 0 Å². The van der Waals surface area contributed by atoms with E-state index in [1.807, 2.05) is 30.3 Å². The third kappa shape index (κ3) is 4.44. The van der Waals surface area contributed by atoms with E-state index in [1.54, 1.807) is 0 Å².